The fraction of sp³-hybridized carbons (Fsp3) is 0.818. The summed E-state index contributed by atoms with van der Waals surface area (Å²) in [7, 11) is 0. The standard InChI is InChI=1S/C11H19NO3/c1-8(15-9(2)13)11(14)12-10-6-4-3-5-7-10/h8,10H,3-7H2,1-2H3,(H,12,14). The van der Waals surface area contributed by atoms with E-state index in [0.717, 1.165) is 12.8 Å². The molecule has 1 atom stereocenters. The lowest BCUT2D eigenvalue weighted by Crippen LogP contribution is -2.42. The summed E-state index contributed by atoms with van der Waals surface area (Å²) in [6, 6.07) is 0.268. The number of esters is 1. The van der Waals surface area contributed by atoms with Crippen molar-refractivity contribution >= 4 is 11.9 Å². The first-order chi connectivity index (χ1) is 7.09. The maximum atomic E-state index is 11.6. The van der Waals surface area contributed by atoms with Crippen molar-refractivity contribution in [2.75, 3.05) is 0 Å². The van der Waals surface area contributed by atoms with Gasteiger partial charge in [0.2, 0.25) is 0 Å². The van der Waals surface area contributed by atoms with Crippen LogP contribution in [0.1, 0.15) is 46.0 Å². The smallest absolute Gasteiger partial charge is 0.303 e. The van der Waals surface area contributed by atoms with E-state index in [9.17, 15) is 9.59 Å². The van der Waals surface area contributed by atoms with Crippen LogP contribution in [0.5, 0.6) is 0 Å². The number of amides is 1. The average molecular weight is 213 g/mol. The molecule has 0 saturated heterocycles. The Labute approximate surface area is 90.4 Å². The minimum Gasteiger partial charge on any atom is -0.453 e. The summed E-state index contributed by atoms with van der Waals surface area (Å²) >= 11 is 0. The van der Waals surface area contributed by atoms with E-state index in [1.807, 2.05) is 0 Å². The van der Waals surface area contributed by atoms with Gasteiger partial charge in [0.15, 0.2) is 6.10 Å². The maximum Gasteiger partial charge on any atom is 0.303 e. The first-order valence-electron chi connectivity index (χ1n) is 5.57. The van der Waals surface area contributed by atoms with Gasteiger partial charge in [0.05, 0.1) is 0 Å². The van der Waals surface area contributed by atoms with Crippen LogP contribution in [-0.4, -0.2) is 24.0 Å². The third-order valence-electron chi connectivity index (χ3n) is 2.66. The summed E-state index contributed by atoms with van der Waals surface area (Å²) in [4.78, 5) is 22.2. The second-order valence-electron chi connectivity index (χ2n) is 4.10. The Morgan fingerprint density at radius 1 is 1.27 bits per heavy atom. The molecule has 4 nitrogen and oxygen atoms in total. The quantitative estimate of drug-likeness (QED) is 0.721. The van der Waals surface area contributed by atoms with Crippen molar-refractivity contribution in [3.05, 3.63) is 0 Å². The van der Waals surface area contributed by atoms with Gasteiger partial charge in [-0.15, -0.1) is 0 Å². The summed E-state index contributed by atoms with van der Waals surface area (Å²) in [5.41, 5.74) is 0. The molecule has 1 fully saturated rings. The molecule has 1 unspecified atom stereocenters. The molecule has 1 saturated carbocycles. The summed E-state index contributed by atoms with van der Waals surface area (Å²) in [5.74, 6) is -0.599. The molecule has 0 radical (unpaired) electrons. The van der Waals surface area contributed by atoms with Crippen molar-refractivity contribution in [1.82, 2.24) is 5.32 Å². The van der Waals surface area contributed by atoms with Gasteiger partial charge in [-0.3, -0.25) is 9.59 Å². The van der Waals surface area contributed by atoms with Gasteiger partial charge in [-0.1, -0.05) is 19.3 Å². The van der Waals surface area contributed by atoms with Crippen molar-refractivity contribution in [1.29, 1.82) is 0 Å². The van der Waals surface area contributed by atoms with Crippen LogP contribution >= 0.6 is 0 Å². The third-order valence-corrected chi connectivity index (χ3v) is 2.66. The van der Waals surface area contributed by atoms with Gasteiger partial charge in [-0.05, 0) is 19.8 Å². The van der Waals surface area contributed by atoms with E-state index < -0.39 is 12.1 Å². The van der Waals surface area contributed by atoms with Gasteiger partial charge in [0.25, 0.3) is 5.91 Å². The molecule has 15 heavy (non-hydrogen) atoms. The Morgan fingerprint density at radius 2 is 1.87 bits per heavy atom. The van der Waals surface area contributed by atoms with Crippen molar-refractivity contribution in [2.24, 2.45) is 0 Å². The molecule has 1 N–H and O–H groups in total. The number of carbonyl (C=O) groups excluding carboxylic acids is 2. The fourth-order valence-corrected chi connectivity index (χ4v) is 1.87. The van der Waals surface area contributed by atoms with Crippen LogP contribution in [0.2, 0.25) is 0 Å². The molecular weight excluding hydrogens is 194 g/mol. The molecular formula is C11H19NO3. The molecule has 4 heteroatoms. The number of ether oxygens (including phenoxy) is 1. The Hall–Kier alpha value is -1.06. The van der Waals surface area contributed by atoms with Gasteiger partial charge < -0.3 is 10.1 Å². The van der Waals surface area contributed by atoms with Crippen LogP contribution in [0.4, 0.5) is 0 Å². The largest absolute Gasteiger partial charge is 0.453 e. The van der Waals surface area contributed by atoms with E-state index in [0.29, 0.717) is 0 Å². The molecule has 86 valence electrons. The fourth-order valence-electron chi connectivity index (χ4n) is 1.87. The van der Waals surface area contributed by atoms with Crippen LogP contribution < -0.4 is 5.32 Å². The second-order valence-corrected chi connectivity index (χ2v) is 4.10. The van der Waals surface area contributed by atoms with Gasteiger partial charge in [-0.2, -0.15) is 0 Å². The lowest BCUT2D eigenvalue weighted by molar-refractivity contribution is -0.153. The van der Waals surface area contributed by atoms with Gasteiger partial charge >= 0.3 is 5.97 Å². The molecule has 0 aromatic rings. The molecule has 0 bridgehead atoms. The van der Waals surface area contributed by atoms with E-state index in [1.165, 1.54) is 26.2 Å². The highest BCUT2D eigenvalue weighted by molar-refractivity contribution is 5.83. The Morgan fingerprint density at radius 3 is 2.40 bits per heavy atom. The lowest BCUT2D eigenvalue weighted by Gasteiger charge is -2.24. The summed E-state index contributed by atoms with van der Waals surface area (Å²) in [6.45, 7) is 2.91. The zero-order chi connectivity index (χ0) is 11.3. The van der Waals surface area contributed by atoms with E-state index in [-0.39, 0.29) is 11.9 Å². The van der Waals surface area contributed by atoms with Crippen LogP contribution in [0.15, 0.2) is 0 Å². The summed E-state index contributed by atoms with van der Waals surface area (Å²) in [5, 5.41) is 2.91. The van der Waals surface area contributed by atoms with Crippen molar-refractivity contribution < 1.29 is 14.3 Å². The first kappa shape index (κ1) is 12.0. The highest BCUT2D eigenvalue weighted by Crippen LogP contribution is 2.17. The van der Waals surface area contributed by atoms with E-state index in [2.05, 4.69) is 5.32 Å². The lowest BCUT2D eigenvalue weighted by atomic mass is 9.95. The van der Waals surface area contributed by atoms with Crippen LogP contribution in [-0.2, 0) is 14.3 Å². The first-order valence-corrected chi connectivity index (χ1v) is 5.57. The number of carbonyl (C=O) groups is 2. The minimum absolute atomic E-state index is 0.183. The molecule has 1 aliphatic carbocycles. The molecule has 0 spiro atoms. The molecule has 0 aromatic carbocycles. The van der Waals surface area contributed by atoms with Crippen LogP contribution in [0, 0.1) is 0 Å². The van der Waals surface area contributed by atoms with Crippen LogP contribution in [0.3, 0.4) is 0 Å². The number of rotatable bonds is 3. The average Bonchev–Trinajstić information content (AvgIpc) is 2.18. The molecule has 1 rings (SSSR count). The Kier molecular flexibility index (Phi) is 4.59. The van der Waals surface area contributed by atoms with Crippen molar-refractivity contribution in [2.45, 2.75) is 58.1 Å². The monoisotopic (exact) mass is 213 g/mol. The van der Waals surface area contributed by atoms with Crippen LogP contribution in [0.25, 0.3) is 0 Å². The predicted octanol–water partition coefficient (Wildman–Crippen LogP) is 1.39. The number of hydrogen-bond acceptors (Lipinski definition) is 3. The van der Waals surface area contributed by atoms with Crippen molar-refractivity contribution in [3.8, 4) is 0 Å². The predicted molar refractivity (Wildman–Crippen MR) is 56.2 cm³/mol. The third kappa shape index (κ3) is 4.32. The summed E-state index contributed by atoms with van der Waals surface area (Å²) < 4.78 is 4.80. The van der Waals surface area contributed by atoms with Gasteiger partial charge in [0, 0.05) is 13.0 Å². The highest BCUT2D eigenvalue weighted by atomic mass is 16.5. The summed E-state index contributed by atoms with van der Waals surface area (Å²) in [6.07, 6.45) is 5.01. The zero-order valence-corrected chi connectivity index (χ0v) is 9.41. The Bertz CT molecular complexity index is 234. The zero-order valence-electron chi connectivity index (χ0n) is 9.41. The van der Waals surface area contributed by atoms with E-state index >= 15 is 0 Å². The SMILES string of the molecule is CC(=O)OC(C)C(=O)NC1CCCCC1. The van der Waals surface area contributed by atoms with Gasteiger partial charge in [-0.25, -0.2) is 0 Å². The maximum absolute atomic E-state index is 11.6. The Balaban J connectivity index is 2.30. The number of hydrogen-bond donors (Lipinski definition) is 1. The molecule has 1 aliphatic rings. The van der Waals surface area contributed by atoms with Gasteiger partial charge in [0.1, 0.15) is 0 Å². The second kappa shape index (κ2) is 5.73. The van der Waals surface area contributed by atoms with E-state index in [1.54, 1.807) is 6.92 Å². The topological polar surface area (TPSA) is 55.4 Å². The molecule has 0 aliphatic heterocycles. The molecule has 0 aromatic heterocycles. The van der Waals surface area contributed by atoms with E-state index in [4.69, 9.17) is 4.74 Å². The normalized spacial score (nSPS) is 19.3. The minimum atomic E-state index is -0.676. The molecule has 1 amide bonds. The molecule has 0 heterocycles. The van der Waals surface area contributed by atoms with Crippen molar-refractivity contribution in [3.63, 3.8) is 0 Å². The highest BCUT2D eigenvalue weighted by Gasteiger charge is 2.20. The number of nitrogens with one attached hydrogen (secondary N) is 1.